The van der Waals surface area contributed by atoms with E-state index in [0.717, 1.165) is 12.8 Å². The third-order valence-corrected chi connectivity index (χ3v) is 21.0. The first kappa shape index (κ1) is 22.8. The average molecular weight is 519 g/mol. The summed E-state index contributed by atoms with van der Waals surface area (Å²) in [6.07, 6.45) is 5.71. The number of halogens is 1. The summed E-state index contributed by atoms with van der Waals surface area (Å²) in [4.78, 5) is 0. The Morgan fingerprint density at radius 2 is 1.38 bits per heavy atom. The summed E-state index contributed by atoms with van der Waals surface area (Å²) in [5.74, 6) is -2.20. The lowest BCUT2D eigenvalue weighted by Gasteiger charge is -2.51. The Hall–Kier alpha value is -0.913. The summed E-state index contributed by atoms with van der Waals surface area (Å²) in [5.41, 5.74) is 3.67. The first-order valence-corrected chi connectivity index (χ1v) is 15.7. The maximum atomic E-state index is 7.54. The molecule has 2 aromatic carbocycles. The fourth-order valence-corrected chi connectivity index (χ4v) is 9.53. The topological polar surface area (TPSA) is 9.23 Å². The van der Waals surface area contributed by atoms with E-state index in [9.17, 15) is 0 Å². The third-order valence-electron chi connectivity index (χ3n) is 6.12. The molecule has 156 valence electrons. The van der Waals surface area contributed by atoms with Gasteiger partial charge in [-0.3, -0.25) is 0 Å². The third kappa shape index (κ3) is 4.42. The smallest absolute Gasteiger partial charge is 0.270 e. The van der Waals surface area contributed by atoms with Crippen molar-refractivity contribution >= 4 is 33.7 Å². The summed E-state index contributed by atoms with van der Waals surface area (Å²) < 4.78 is 7.54. The largest absolute Gasteiger partial charge is 0.393 e. The Kier molecular flexibility index (Phi) is 6.53. The van der Waals surface area contributed by atoms with Gasteiger partial charge in [0.05, 0.1) is 0 Å². The van der Waals surface area contributed by atoms with Crippen LogP contribution in [0.15, 0.2) is 66.2 Å². The normalized spacial score (nSPS) is 22.2. The van der Waals surface area contributed by atoms with Crippen LogP contribution in [0.25, 0.3) is 6.08 Å². The highest BCUT2D eigenvalue weighted by molar-refractivity contribution is 14.1. The zero-order valence-electron chi connectivity index (χ0n) is 18.8. The fourth-order valence-electron chi connectivity index (χ4n) is 4.71. The second kappa shape index (κ2) is 8.31. The maximum Gasteiger partial charge on any atom is 0.270 e. The number of benzene rings is 2. The molecule has 0 N–H and O–H groups in total. The summed E-state index contributed by atoms with van der Waals surface area (Å²) in [6.45, 7) is 14.2. The second-order valence-electron chi connectivity index (χ2n) is 10.3. The van der Waals surface area contributed by atoms with Crippen LogP contribution < -0.4 is 0 Å². The van der Waals surface area contributed by atoms with Crippen LogP contribution in [0.4, 0.5) is 0 Å². The van der Waals surface area contributed by atoms with E-state index in [1.165, 1.54) is 23.1 Å². The van der Waals surface area contributed by atoms with Crippen molar-refractivity contribution in [2.75, 3.05) is 0 Å². The van der Waals surface area contributed by atoms with Gasteiger partial charge in [0.25, 0.3) is 5.81 Å². The van der Waals surface area contributed by atoms with Crippen LogP contribution in [0, 0.1) is 0 Å². The second-order valence-corrected chi connectivity index (χ2v) is 19.3. The van der Waals surface area contributed by atoms with Crippen LogP contribution in [0.5, 0.6) is 0 Å². The SMILES string of the molecule is CC(C)(C)[Si](I)(OC1(c2ccccc2)CCC/C1=C\c1ccccc1)C(C)(C)C. The van der Waals surface area contributed by atoms with Gasteiger partial charge < -0.3 is 4.43 Å². The van der Waals surface area contributed by atoms with Crippen LogP contribution in [-0.2, 0) is 10.0 Å². The van der Waals surface area contributed by atoms with Crippen LogP contribution in [0.1, 0.15) is 71.9 Å². The van der Waals surface area contributed by atoms with Crippen LogP contribution >= 0.6 is 21.8 Å². The van der Waals surface area contributed by atoms with Crippen molar-refractivity contribution < 1.29 is 4.43 Å². The zero-order valence-corrected chi connectivity index (χ0v) is 21.9. The molecule has 0 amide bonds. The lowest BCUT2D eigenvalue weighted by atomic mass is 9.87. The van der Waals surface area contributed by atoms with Gasteiger partial charge >= 0.3 is 0 Å². The molecular formula is C26H35IOSi. The predicted octanol–water partition coefficient (Wildman–Crippen LogP) is 8.64. The van der Waals surface area contributed by atoms with Crippen molar-refractivity contribution in [2.45, 2.75) is 76.5 Å². The molecule has 0 heterocycles. The van der Waals surface area contributed by atoms with Gasteiger partial charge in [-0.2, -0.15) is 0 Å². The highest BCUT2D eigenvalue weighted by Crippen LogP contribution is 2.61. The minimum Gasteiger partial charge on any atom is -0.393 e. The maximum absolute atomic E-state index is 7.54. The van der Waals surface area contributed by atoms with E-state index in [0.29, 0.717) is 0 Å². The molecule has 1 saturated carbocycles. The lowest BCUT2D eigenvalue weighted by Crippen LogP contribution is -2.54. The zero-order chi connectivity index (χ0) is 21.3. The molecule has 1 aliphatic rings. The molecule has 1 fully saturated rings. The first-order valence-electron chi connectivity index (χ1n) is 10.7. The van der Waals surface area contributed by atoms with E-state index in [2.05, 4.69) is 130 Å². The van der Waals surface area contributed by atoms with Crippen molar-refractivity contribution in [3.05, 3.63) is 77.4 Å². The van der Waals surface area contributed by atoms with E-state index in [1.54, 1.807) is 0 Å². The number of rotatable bonds is 4. The number of hydrogen-bond acceptors (Lipinski definition) is 1. The Balaban J connectivity index is 2.19. The summed E-state index contributed by atoms with van der Waals surface area (Å²) >= 11 is 2.75. The van der Waals surface area contributed by atoms with Gasteiger partial charge in [-0.05, 0) is 46.0 Å². The molecule has 29 heavy (non-hydrogen) atoms. The van der Waals surface area contributed by atoms with E-state index in [4.69, 9.17) is 4.43 Å². The van der Waals surface area contributed by atoms with E-state index in [1.807, 2.05) is 0 Å². The van der Waals surface area contributed by atoms with Crippen molar-refractivity contribution in [3.63, 3.8) is 0 Å². The van der Waals surface area contributed by atoms with Crippen molar-refractivity contribution in [2.24, 2.45) is 0 Å². The summed E-state index contributed by atoms with van der Waals surface area (Å²) in [5, 5.41) is 0.238. The predicted molar refractivity (Wildman–Crippen MR) is 137 cm³/mol. The Morgan fingerprint density at radius 3 is 1.90 bits per heavy atom. The monoisotopic (exact) mass is 518 g/mol. The number of hydrogen-bond donors (Lipinski definition) is 0. The van der Waals surface area contributed by atoms with Gasteiger partial charge in [-0.1, -0.05) is 130 Å². The molecule has 1 nitrogen and oxygen atoms in total. The molecule has 3 heteroatoms. The van der Waals surface area contributed by atoms with Gasteiger partial charge in [0.15, 0.2) is 0 Å². The van der Waals surface area contributed by atoms with Crippen molar-refractivity contribution in [3.8, 4) is 0 Å². The molecule has 0 radical (unpaired) electrons. The Morgan fingerprint density at radius 1 is 0.862 bits per heavy atom. The Labute approximate surface area is 191 Å². The van der Waals surface area contributed by atoms with E-state index in [-0.39, 0.29) is 15.7 Å². The fraction of sp³-hybridized carbons (Fsp3) is 0.462. The summed E-state index contributed by atoms with van der Waals surface area (Å²) in [7, 11) is 0. The molecule has 0 saturated heterocycles. The highest BCUT2D eigenvalue weighted by atomic mass is 127. The molecule has 0 aromatic heterocycles. The highest BCUT2D eigenvalue weighted by Gasteiger charge is 2.59. The van der Waals surface area contributed by atoms with E-state index < -0.39 is 5.81 Å². The van der Waals surface area contributed by atoms with Gasteiger partial charge in [-0.25, -0.2) is 0 Å². The molecule has 1 aliphatic carbocycles. The average Bonchev–Trinajstić information content (AvgIpc) is 3.04. The first-order chi connectivity index (χ1) is 13.5. The summed E-state index contributed by atoms with van der Waals surface area (Å²) in [6, 6.07) is 21.7. The van der Waals surface area contributed by atoms with Crippen molar-refractivity contribution in [1.29, 1.82) is 0 Å². The standard InChI is InChI=1S/C26H35IOSi/c1-24(2,3)29(27,25(4,5)6)28-26(22-16-11-8-12-17-22)19-13-18-23(26)20-21-14-9-7-10-15-21/h7-12,14-17,20H,13,18-19H2,1-6H3/b23-20+. The lowest BCUT2D eigenvalue weighted by molar-refractivity contribution is 0.0942. The van der Waals surface area contributed by atoms with Gasteiger partial charge in [-0.15, -0.1) is 0 Å². The van der Waals surface area contributed by atoms with E-state index >= 15 is 0 Å². The van der Waals surface area contributed by atoms with Crippen molar-refractivity contribution in [1.82, 2.24) is 0 Å². The minimum absolute atomic E-state index is 0.119. The molecule has 1 unspecified atom stereocenters. The van der Waals surface area contributed by atoms with Gasteiger partial charge in [0.1, 0.15) is 5.60 Å². The van der Waals surface area contributed by atoms with Crippen LogP contribution in [0.3, 0.4) is 0 Å². The van der Waals surface area contributed by atoms with Gasteiger partial charge in [0, 0.05) is 0 Å². The molecule has 1 atom stereocenters. The molecule has 0 aliphatic heterocycles. The molecule has 0 spiro atoms. The van der Waals surface area contributed by atoms with Gasteiger partial charge in [0.2, 0.25) is 0 Å². The molecular weight excluding hydrogens is 483 g/mol. The molecule has 3 rings (SSSR count). The van der Waals surface area contributed by atoms with Crippen LogP contribution in [-0.4, -0.2) is 5.81 Å². The minimum atomic E-state index is -2.20. The van der Waals surface area contributed by atoms with Crippen LogP contribution in [0.2, 0.25) is 10.1 Å². The Bertz CT molecular complexity index is 832. The molecule has 0 bridgehead atoms. The quantitative estimate of drug-likeness (QED) is 0.224. The molecule has 2 aromatic rings.